The molecule has 1 aliphatic rings. The molecule has 0 spiro atoms. The molecule has 1 fully saturated rings. The lowest BCUT2D eigenvalue weighted by molar-refractivity contribution is -0.139. The predicted octanol–water partition coefficient (Wildman–Crippen LogP) is 1.06. The van der Waals surface area contributed by atoms with E-state index < -0.39 is 0 Å². The molecule has 0 aromatic heterocycles. The summed E-state index contributed by atoms with van der Waals surface area (Å²) in [5, 5.41) is 5.66. The van der Waals surface area contributed by atoms with Crippen LogP contribution in [0.25, 0.3) is 0 Å². The Bertz CT molecular complexity index is 250. The van der Waals surface area contributed by atoms with Gasteiger partial charge in [0, 0.05) is 0 Å². The number of amides is 2. The van der Waals surface area contributed by atoms with Crippen LogP contribution >= 0.6 is 0 Å². The van der Waals surface area contributed by atoms with Gasteiger partial charge in [-0.05, 0) is 11.8 Å². The van der Waals surface area contributed by atoms with Crippen LogP contribution in [0.2, 0.25) is 0 Å². The Kier molecular flexibility index (Phi) is 4.33. The smallest absolute Gasteiger partial charge is 0.243 e. The van der Waals surface area contributed by atoms with Gasteiger partial charge in [0.05, 0.1) is 0 Å². The topological polar surface area (TPSA) is 58.2 Å². The number of rotatable bonds is 4. The van der Waals surface area contributed by atoms with Crippen molar-refractivity contribution in [2.75, 3.05) is 0 Å². The molecule has 4 atom stereocenters. The standard InChI is InChI=1S/C12H22N2O2/c1-5-7(3)9-11(15)14-10(8(4)6-2)12(16)13-9/h7-10H,5-6H2,1-4H3,(H,13,16)(H,14,15)/t7-,8+,9-,10+. The zero-order valence-corrected chi connectivity index (χ0v) is 10.5. The fourth-order valence-electron chi connectivity index (χ4n) is 1.89. The van der Waals surface area contributed by atoms with Crippen molar-refractivity contribution in [3.8, 4) is 0 Å². The SMILES string of the molecule is CC[C@@H](C)[C@H]1NC(=O)[C@H]([C@@H](C)CC)NC1=O. The summed E-state index contributed by atoms with van der Waals surface area (Å²) >= 11 is 0. The van der Waals surface area contributed by atoms with E-state index in [1.165, 1.54) is 0 Å². The van der Waals surface area contributed by atoms with E-state index in [0.717, 1.165) is 12.8 Å². The van der Waals surface area contributed by atoms with Gasteiger partial charge in [0.2, 0.25) is 11.8 Å². The van der Waals surface area contributed by atoms with Crippen LogP contribution in [0.15, 0.2) is 0 Å². The molecule has 0 aliphatic carbocycles. The second-order valence-electron chi connectivity index (χ2n) is 4.74. The van der Waals surface area contributed by atoms with E-state index in [1.807, 2.05) is 27.7 Å². The van der Waals surface area contributed by atoms with Crippen LogP contribution in [-0.4, -0.2) is 23.9 Å². The molecule has 2 amide bonds. The third-order valence-electron chi connectivity index (χ3n) is 3.59. The van der Waals surface area contributed by atoms with Crippen LogP contribution < -0.4 is 10.6 Å². The lowest BCUT2D eigenvalue weighted by Gasteiger charge is -2.34. The molecule has 0 radical (unpaired) electrons. The summed E-state index contributed by atoms with van der Waals surface area (Å²) in [6.07, 6.45) is 1.76. The summed E-state index contributed by atoms with van der Waals surface area (Å²) in [5.74, 6) is 0.280. The molecule has 2 N–H and O–H groups in total. The first-order valence-corrected chi connectivity index (χ1v) is 6.12. The normalized spacial score (nSPS) is 29.2. The second-order valence-corrected chi connectivity index (χ2v) is 4.74. The number of piperazine rings is 1. The van der Waals surface area contributed by atoms with Gasteiger partial charge in [0.25, 0.3) is 0 Å². The van der Waals surface area contributed by atoms with Crippen molar-refractivity contribution in [3.05, 3.63) is 0 Å². The molecule has 0 saturated carbocycles. The van der Waals surface area contributed by atoms with Gasteiger partial charge in [-0.3, -0.25) is 9.59 Å². The highest BCUT2D eigenvalue weighted by molar-refractivity contribution is 5.97. The minimum atomic E-state index is -0.363. The highest BCUT2D eigenvalue weighted by atomic mass is 16.2. The Morgan fingerprint density at radius 2 is 1.25 bits per heavy atom. The molecule has 4 nitrogen and oxygen atoms in total. The molecule has 1 rings (SSSR count). The lowest BCUT2D eigenvalue weighted by Crippen LogP contribution is -2.65. The van der Waals surface area contributed by atoms with Crippen molar-refractivity contribution in [3.63, 3.8) is 0 Å². The summed E-state index contributed by atoms with van der Waals surface area (Å²) in [6.45, 7) is 8.00. The van der Waals surface area contributed by atoms with Gasteiger partial charge < -0.3 is 10.6 Å². The fraction of sp³-hybridized carbons (Fsp3) is 0.833. The molecular formula is C12H22N2O2. The van der Waals surface area contributed by atoms with Crippen LogP contribution in [0.3, 0.4) is 0 Å². The minimum Gasteiger partial charge on any atom is -0.342 e. The van der Waals surface area contributed by atoms with E-state index in [4.69, 9.17) is 0 Å². The van der Waals surface area contributed by atoms with Gasteiger partial charge in [-0.2, -0.15) is 0 Å². The van der Waals surface area contributed by atoms with Crippen LogP contribution in [0.5, 0.6) is 0 Å². The molecule has 1 aliphatic heterocycles. The summed E-state index contributed by atoms with van der Waals surface area (Å²) in [7, 11) is 0. The highest BCUT2D eigenvalue weighted by Gasteiger charge is 2.37. The average molecular weight is 226 g/mol. The van der Waals surface area contributed by atoms with Crippen LogP contribution in [0, 0.1) is 11.8 Å². The largest absolute Gasteiger partial charge is 0.342 e. The number of hydrogen-bond donors (Lipinski definition) is 2. The van der Waals surface area contributed by atoms with Crippen LogP contribution in [0.1, 0.15) is 40.5 Å². The van der Waals surface area contributed by atoms with Crippen molar-refractivity contribution in [2.45, 2.75) is 52.6 Å². The van der Waals surface area contributed by atoms with E-state index in [9.17, 15) is 9.59 Å². The quantitative estimate of drug-likeness (QED) is 0.753. The monoisotopic (exact) mass is 226 g/mol. The first kappa shape index (κ1) is 13.0. The number of carbonyl (C=O) groups excluding carboxylic acids is 2. The third-order valence-corrected chi connectivity index (χ3v) is 3.59. The minimum absolute atomic E-state index is 0.0424. The van der Waals surface area contributed by atoms with Crippen molar-refractivity contribution < 1.29 is 9.59 Å². The van der Waals surface area contributed by atoms with Gasteiger partial charge in [-0.25, -0.2) is 0 Å². The molecule has 4 heteroatoms. The maximum Gasteiger partial charge on any atom is 0.243 e. The summed E-state index contributed by atoms with van der Waals surface area (Å²) < 4.78 is 0. The van der Waals surface area contributed by atoms with E-state index in [2.05, 4.69) is 10.6 Å². The summed E-state index contributed by atoms with van der Waals surface area (Å²) in [4.78, 5) is 23.7. The Morgan fingerprint density at radius 3 is 1.50 bits per heavy atom. The molecule has 0 aromatic carbocycles. The Labute approximate surface area is 97.2 Å². The maximum atomic E-state index is 11.8. The zero-order chi connectivity index (χ0) is 12.3. The van der Waals surface area contributed by atoms with Crippen molar-refractivity contribution in [1.29, 1.82) is 0 Å². The third kappa shape index (κ3) is 2.54. The molecule has 92 valence electrons. The molecule has 1 saturated heterocycles. The molecule has 1 heterocycles. The molecule has 16 heavy (non-hydrogen) atoms. The number of hydrogen-bond acceptors (Lipinski definition) is 2. The van der Waals surface area contributed by atoms with Crippen LogP contribution in [-0.2, 0) is 9.59 Å². The molecular weight excluding hydrogens is 204 g/mol. The summed E-state index contributed by atoms with van der Waals surface area (Å²) in [6, 6.07) is -0.726. The van der Waals surface area contributed by atoms with Crippen LogP contribution in [0.4, 0.5) is 0 Å². The Hall–Kier alpha value is -1.06. The van der Waals surface area contributed by atoms with Crippen molar-refractivity contribution in [1.82, 2.24) is 10.6 Å². The van der Waals surface area contributed by atoms with Gasteiger partial charge >= 0.3 is 0 Å². The van der Waals surface area contributed by atoms with Gasteiger partial charge in [0.1, 0.15) is 12.1 Å². The molecule has 0 unspecified atom stereocenters. The Morgan fingerprint density at radius 1 is 0.938 bits per heavy atom. The number of carbonyl (C=O) groups is 2. The van der Waals surface area contributed by atoms with Crippen molar-refractivity contribution in [2.24, 2.45) is 11.8 Å². The summed E-state index contributed by atoms with van der Waals surface area (Å²) in [5.41, 5.74) is 0. The number of nitrogens with one attached hydrogen (secondary N) is 2. The van der Waals surface area contributed by atoms with E-state index in [-0.39, 0.29) is 35.7 Å². The van der Waals surface area contributed by atoms with E-state index in [0.29, 0.717) is 0 Å². The van der Waals surface area contributed by atoms with Gasteiger partial charge in [0.15, 0.2) is 0 Å². The first-order valence-electron chi connectivity index (χ1n) is 6.12. The average Bonchev–Trinajstić information content (AvgIpc) is 2.29. The molecule has 0 aromatic rings. The van der Waals surface area contributed by atoms with E-state index >= 15 is 0 Å². The first-order chi connectivity index (χ1) is 7.51. The van der Waals surface area contributed by atoms with E-state index in [1.54, 1.807) is 0 Å². The maximum absolute atomic E-state index is 11.8. The zero-order valence-electron chi connectivity index (χ0n) is 10.5. The predicted molar refractivity (Wildman–Crippen MR) is 62.8 cm³/mol. The highest BCUT2D eigenvalue weighted by Crippen LogP contribution is 2.16. The Balaban J connectivity index is 2.71. The molecule has 0 bridgehead atoms. The van der Waals surface area contributed by atoms with Gasteiger partial charge in [-0.15, -0.1) is 0 Å². The lowest BCUT2D eigenvalue weighted by atomic mass is 9.91. The fourth-order valence-corrected chi connectivity index (χ4v) is 1.89. The van der Waals surface area contributed by atoms with Gasteiger partial charge in [-0.1, -0.05) is 40.5 Å². The second kappa shape index (κ2) is 5.32. The van der Waals surface area contributed by atoms with Crippen molar-refractivity contribution >= 4 is 11.8 Å².